The fourth-order valence-electron chi connectivity index (χ4n) is 2.81. The molecule has 2 aliphatic carbocycles. The van der Waals surface area contributed by atoms with Crippen LogP contribution < -0.4 is 10.1 Å². The van der Waals surface area contributed by atoms with Gasteiger partial charge in [-0.25, -0.2) is 0 Å². The second kappa shape index (κ2) is 5.64. The van der Waals surface area contributed by atoms with Crippen LogP contribution in [0, 0.1) is 5.92 Å². The number of hydrogen-bond donors (Lipinski definition) is 1. The molecule has 1 N–H and O–H groups in total. The predicted molar refractivity (Wildman–Crippen MR) is 75.2 cm³/mol. The van der Waals surface area contributed by atoms with Gasteiger partial charge in [0.05, 0.1) is 6.10 Å². The molecule has 18 heavy (non-hydrogen) atoms. The van der Waals surface area contributed by atoms with E-state index in [1.165, 1.54) is 50.6 Å². The van der Waals surface area contributed by atoms with E-state index >= 15 is 0 Å². The molecule has 2 heteroatoms. The van der Waals surface area contributed by atoms with E-state index in [9.17, 15) is 0 Å². The lowest BCUT2D eigenvalue weighted by molar-refractivity contribution is 0.210. The summed E-state index contributed by atoms with van der Waals surface area (Å²) in [6.07, 6.45) is 9.77. The van der Waals surface area contributed by atoms with E-state index in [0.29, 0.717) is 6.10 Å². The van der Waals surface area contributed by atoms with Crippen LogP contribution in [0.2, 0.25) is 0 Å². The smallest absolute Gasteiger partial charge is 0.119 e. The van der Waals surface area contributed by atoms with Gasteiger partial charge >= 0.3 is 0 Å². The minimum Gasteiger partial charge on any atom is -0.490 e. The Hall–Kier alpha value is -1.18. The largest absolute Gasteiger partial charge is 0.490 e. The van der Waals surface area contributed by atoms with Crippen molar-refractivity contribution in [1.82, 2.24) is 0 Å². The quantitative estimate of drug-likeness (QED) is 0.838. The Kier molecular flexibility index (Phi) is 3.72. The van der Waals surface area contributed by atoms with Crippen LogP contribution in [0.15, 0.2) is 24.3 Å². The summed E-state index contributed by atoms with van der Waals surface area (Å²) < 4.78 is 5.96. The summed E-state index contributed by atoms with van der Waals surface area (Å²) in [5.41, 5.74) is 1.22. The first-order chi connectivity index (χ1) is 8.90. The zero-order chi connectivity index (χ0) is 12.2. The van der Waals surface area contributed by atoms with E-state index in [1.807, 2.05) is 0 Å². The highest BCUT2D eigenvalue weighted by Gasteiger charge is 2.17. The molecule has 0 unspecified atom stereocenters. The molecular formula is C16H23NO. The minimum absolute atomic E-state index is 0.457. The summed E-state index contributed by atoms with van der Waals surface area (Å²) in [5.74, 6) is 1.93. The molecule has 0 heterocycles. The van der Waals surface area contributed by atoms with Crippen molar-refractivity contribution in [1.29, 1.82) is 0 Å². The monoisotopic (exact) mass is 245 g/mol. The number of rotatable bonds is 5. The topological polar surface area (TPSA) is 21.3 Å². The summed E-state index contributed by atoms with van der Waals surface area (Å²) in [6, 6.07) is 8.48. The molecule has 3 rings (SSSR count). The summed E-state index contributed by atoms with van der Waals surface area (Å²) in [6.45, 7) is 1.13. The Morgan fingerprint density at radius 1 is 0.944 bits per heavy atom. The molecular weight excluding hydrogens is 222 g/mol. The summed E-state index contributed by atoms with van der Waals surface area (Å²) in [5, 5.41) is 3.51. The van der Waals surface area contributed by atoms with Crippen molar-refractivity contribution in [2.45, 2.75) is 51.0 Å². The fraction of sp³-hybridized carbons (Fsp3) is 0.625. The van der Waals surface area contributed by atoms with Gasteiger partial charge < -0.3 is 10.1 Å². The molecule has 0 radical (unpaired) electrons. The normalized spacial score (nSPS) is 20.7. The molecule has 0 amide bonds. The van der Waals surface area contributed by atoms with Crippen LogP contribution >= 0.6 is 0 Å². The number of ether oxygens (including phenoxy) is 1. The maximum atomic E-state index is 5.96. The lowest BCUT2D eigenvalue weighted by Crippen LogP contribution is -2.20. The number of hydrogen-bond acceptors (Lipinski definition) is 2. The molecule has 1 aromatic carbocycles. The van der Waals surface area contributed by atoms with Crippen molar-refractivity contribution in [2.75, 3.05) is 11.9 Å². The van der Waals surface area contributed by atoms with Gasteiger partial charge in [-0.1, -0.05) is 6.42 Å². The molecule has 0 bridgehead atoms. The highest BCUT2D eigenvalue weighted by atomic mass is 16.5. The Morgan fingerprint density at radius 2 is 1.67 bits per heavy atom. The van der Waals surface area contributed by atoms with E-state index in [-0.39, 0.29) is 0 Å². The Balaban J connectivity index is 1.48. The third kappa shape index (κ3) is 2.98. The number of benzene rings is 1. The van der Waals surface area contributed by atoms with E-state index < -0.39 is 0 Å². The molecule has 0 atom stereocenters. The second-order valence-corrected chi connectivity index (χ2v) is 5.73. The molecule has 1 aromatic rings. The molecule has 0 saturated heterocycles. The third-order valence-electron chi connectivity index (χ3n) is 4.28. The molecule has 2 saturated carbocycles. The minimum atomic E-state index is 0.457. The van der Waals surface area contributed by atoms with Crippen LogP contribution in [-0.4, -0.2) is 12.6 Å². The van der Waals surface area contributed by atoms with Crippen LogP contribution in [-0.2, 0) is 0 Å². The first-order valence-electron chi connectivity index (χ1n) is 7.41. The first-order valence-corrected chi connectivity index (χ1v) is 7.41. The van der Waals surface area contributed by atoms with Gasteiger partial charge in [0, 0.05) is 12.2 Å². The summed E-state index contributed by atoms with van der Waals surface area (Å²) in [4.78, 5) is 0. The van der Waals surface area contributed by atoms with Gasteiger partial charge in [0.15, 0.2) is 0 Å². The van der Waals surface area contributed by atoms with E-state index in [2.05, 4.69) is 29.6 Å². The molecule has 98 valence electrons. The van der Waals surface area contributed by atoms with Crippen molar-refractivity contribution in [3.63, 3.8) is 0 Å². The third-order valence-corrected chi connectivity index (χ3v) is 4.28. The van der Waals surface area contributed by atoms with Crippen LogP contribution in [0.4, 0.5) is 5.69 Å². The summed E-state index contributed by atoms with van der Waals surface area (Å²) in [7, 11) is 0. The van der Waals surface area contributed by atoms with Gasteiger partial charge in [-0.15, -0.1) is 0 Å². The van der Waals surface area contributed by atoms with Crippen molar-refractivity contribution >= 4 is 5.69 Å². The van der Waals surface area contributed by atoms with Gasteiger partial charge in [0.25, 0.3) is 0 Å². The average molecular weight is 245 g/mol. The molecule has 0 aromatic heterocycles. The van der Waals surface area contributed by atoms with E-state index in [0.717, 1.165) is 18.2 Å². The molecule has 0 aliphatic heterocycles. The Morgan fingerprint density at radius 3 is 2.28 bits per heavy atom. The van der Waals surface area contributed by atoms with Crippen molar-refractivity contribution in [3.05, 3.63) is 24.3 Å². The highest BCUT2D eigenvalue weighted by Crippen LogP contribution is 2.27. The van der Waals surface area contributed by atoms with Crippen molar-refractivity contribution in [3.8, 4) is 5.75 Å². The van der Waals surface area contributed by atoms with Crippen LogP contribution in [0.3, 0.4) is 0 Å². The van der Waals surface area contributed by atoms with E-state index in [4.69, 9.17) is 4.74 Å². The van der Waals surface area contributed by atoms with Crippen LogP contribution in [0.1, 0.15) is 44.9 Å². The Bertz CT molecular complexity index is 363. The lowest BCUT2D eigenvalue weighted by Gasteiger charge is -2.25. The van der Waals surface area contributed by atoms with Gasteiger partial charge in [0.2, 0.25) is 0 Å². The molecule has 2 nitrogen and oxygen atoms in total. The van der Waals surface area contributed by atoms with Crippen molar-refractivity contribution < 1.29 is 4.74 Å². The van der Waals surface area contributed by atoms with E-state index in [1.54, 1.807) is 0 Å². The SMILES string of the molecule is c1cc(OC2CCCC2)ccc1NCC1CCC1. The second-order valence-electron chi connectivity index (χ2n) is 5.73. The lowest BCUT2D eigenvalue weighted by atomic mass is 9.85. The molecule has 0 spiro atoms. The Labute approximate surface area is 110 Å². The maximum absolute atomic E-state index is 5.96. The zero-order valence-electron chi connectivity index (χ0n) is 11.0. The van der Waals surface area contributed by atoms with Gasteiger partial charge in [-0.2, -0.15) is 0 Å². The highest BCUT2D eigenvalue weighted by molar-refractivity contribution is 5.46. The zero-order valence-corrected chi connectivity index (χ0v) is 11.0. The van der Waals surface area contributed by atoms with Gasteiger partial charge in [-0.3, -0.25) is 0 Å². The molecule has 2 aliphatic rings. The standard InChI is InChI=1S/C16H23NO/c1-2-7-15(6-1)18-16-10-8-14(9-11-16)17-12-13-4-3-5-13/h8-11,13,15,17H,1-7,12H2. The average Bonchev–Trinajstić information content (AvgIpc) is 2.82. The maximum Gasteiger partial charge on any atom is 0.119 e. The van der Waals surface area contributed by atoms with Crippen LogP contribution in [0.5, 0.6) is 5.75 Å². The fourth-order valence-corrected chi connectivity index (χ4v) is 2.81. The van der Waals surface area contributed by atoms with Crippen LogP contribution in [0.25, 0.3) is 0 Å². The number of nitrogens with one attached hydrogen (secondary N) is 1. The first kappa shape index (κ1) is 11.9. The van der Waals surface area contributed by atoms with Gasteiger partial charge in [0.1, 0.15) is 5.75 Å². The summed E-state index contributed by atoms with van der Waals surface area (Å²) >= 11 is 0. The van der Waals surface area contributed by atoms with Crippen molar-refractivity contribution in [2.24, 2.45) is 5.92 Å². The number of anilines is 1. The molecule has 2 fully saturated rings. The van der Waals surface area contributed by atoms with Gasteiger partial charge in [-0.05, 0) is 68.7 Å². The predicted octanol–water partition coefficient (Wildman–Crippen LogP) is 4.22.